The smallest absolute Gasteiger partial charge is 0.243 e. The van der Waals surface area contributed by atoms with Gasteiger partial charge in [-0.2, -0.15) is 0 Å². The fourth-order valence-electron chi connectivity index (χ4n) is 2.88. The maximum atomic E-state index is 11.9. The number of carbonyl (C=O) groups excluding carboxylic acids is 1. The van der Waals surface area contributed by atoms with Gasteiger partial charge in [-0.25, -0.2) is 4.99 Å². The van der Waals surface area contributed by atoms with Crippen LogP contribution < -0.4 is 14.8 Å². The zero-order chi connectivity index (χ0) is 19.8. The molecule has 2 rings (SSSR count). The van der Waals surface area contributed by atoms with Crippen LogP contribution in [0.15, 0.2) is 17.1 Å². The number of carbonyl (C=O) groups is 1. The topological polar surface area (TPSA) is 75.6 Å². The van der Waals surface area contributed by atoms with Crippen LogP contribution in [0.5, 0.6) is 11.5 Å². The van der Waals surface area contributed by atoms with Gasteiger partial charge in [-0.3, -0.25) is 4.79 Å². The van der Waals surface area contributed by atoms with Crippen molar-refractivity contribution in [2.45, 2.75) is 13.0 Å². The average molecular weight is 378 g/mol. The van der Waals surface area contributed by atoms with E-state index in [2.05, 4.69) is 15.2 Å². The van der Waals surface area contributed by atoms with Gasteiger partial charge in [-0.05, 0) is 29.7 Å². The Labute approximate surface area is 161 Å². The molecule has 0 unspecified atom stereocenters. The van der Waals surface area contributed by atoms with E-state index in [1.165, 1.54) is 11.1 Å². The van der Waals surface area contributed by atoms with E-state index in [-0.39, 0.29) is 12.5 Å². The molecule has 8 heteroatoms. The number of aliphatic imine (C=N–C) groups is 1. The van der Waals surface area contributed by atoms with Crippen molar-refractivity contribution in [3.63, 3.8) is 0 Å². The number of benzene rings is 1. The van der Waals surface area contributed by atoms with E-state index in [1.54, 1.807) is 40.3 Å². The molecule has 1 aromatic rings. The average Bonchev–Trinajstić information content (AvgIpc) is 2.68. The molecule has 1 amide bonds. The van der Waals surface area contributed by atoms with Gasteiger partial charge in [0.05, 0.1) is 20.8 Å². The molecule has 150 valence electrons. The standard InChI is InChI=1S/C19H30N4O4/c1-22(2)18(24)12-21-19(20-7-9-25-3)23-8-6-14-10-16(26-4)17(27-5)11-15(14)13-23/h10-11H,6-9,12-13H2,1-5H3,(H,20,21). The van der Waals surface area contributed by atoms with Crippen molar-refractivity contribution >= 4 is 11.9 Å². The van der Waals surface area contributed by atoms with Gasteiger partial charge < -0.3 is 29.3 Å². The molecule has 1 N–H and O–H groups in total. The van der Waals surface area contributed by atoms with Crippen molar-refractivity contribution < 1.29 is 19.0 Å². The van der Waals surface area contributed by atoms with Gasteiger partial charge in [0.15, 0.2) is 17.5 Å². The molecular formula is C19H30N4O4. The number of ether oxygens (including phenoxy) is 3. The number of likely N-dealkylation sites (N-methyl/N-ethyl adjacent to an activating group) is 1. The summed E-state index contributed by atoms with van der Waals surface area (Å²) in [5.41, 5.74) is 2.41. The second-order valence-electron chi connectivity index (χ2n) is 6.50. The molecule has 0 atom stereocenters. The number of nitrogens with zero attached hydrogens (tertiary/aromatic N) is 3. The molecule has 0 aromatic heterocycles. The Hall–Kier alpha value is -2.48. The third kappa shape index (κ3) is 5.50. The molecule has 1 aliphatic rings. The summed E-state index contributed by atoms with van der Waals surface area (Å²) in [6.45, 7) is 2.79. The van der Waals surface area contributed by atoms with Crippen LogP contribution in [0.25, 0.3) is 0 Å². The summed E-state index contributed by atoms with van der Waals surface area (Å²) >= 11 is 0. The number of amides is 1. The molecule has 1 aliphatic heterocycles. The minimum Gasteiger partial charge on any atom is -0.493 e. The van der Waals surface area contributed by atoms with Gasteiger partial charge in [-0.15, -0.1) is 0 Å². The van der Waals surface area contributed by atoms with E-state index in [0.717, 1.165) is 18.7 Å². The summed E-state index contributed by atoms with van der Waals surface area (Å²) < 4.78 is 15.9. The van der Waals surface area contributed by atoms with E-state index in [4.69, 9.17) is 14.2 Å². The van der Waals surface area contributed by atoms with Gasteiger partial charge in [0, 0.05) is 40.8 Å². The molecule has 1 heterocycles. The third-order valence-corrected chi connectivity index (χ3v) is 4.47. The number of hydrogen-bond donors (Lipinski definition) is 1. The number of nitrogens with one attached hydrogen (secondary N) is 1. The van der Waals surface area contributed by atoms with Crippen LogP contribution in [0.1, 0.15) is 11.1 Å². The highest BCUT2D eigenvalue weighted by Crippen LogP contribution is 2.33. The predicted octanol–water partition coefficient (Wildman–Crippen LogP) is 0.742. The zero-order valence-electron chi connectivity index (χ0n) is 16.9. The van der Waals surface area contributed by atoms with Crippen LogP contribution in [0.2, 0.25) is 0 Å². The first-order valence-electron chi connectivity index (χ1n) is 8.96. The first-order valence-corrected chi connectivity index (χ1v) is 8.96. The minimum absolute atomic E-state index is 0.0372. The van der Waals surface area contributed by atoms with Crippen LogP contribution in [0.4, 0.5) is 0 Å². The summed E-state index contributed by atoms with van der Waals surface area (Å²) in [7, 11) is 8.40. The summed E-state index contributed by atoms with van der Waals surface area (Å²) in [4.78, 5) is 20.1. The molecule has 0 aliphatic carbocycles. The van der Waals surface area contributed by atoms with Crippen LogP contribution >= 0.6 is 0 Å². The van der Waals surface area contributed by atoms with E-state index in [9.17, 15) is 4.79 Å². The van der Waals surface area contributed by atoms with Crippen LogP contribution in [-0.2, 0) is 22.5 Å². The van der Waals surface area contributed by atoms with Gasteiger partial charge in [0.1, 0.15) is 6.54 Å². The normalized spacial score (nSPS) is 13.8. The maximum absolute atomic E-state index is 11.9. The first kappa shape index (κ1) is 20.8. The second-order valence-corrected chi connectivity index (χ2v) is 6.50. The fourth-order valence-corrected chi connectivity index (χ4v) is 2.88. The summed E-state index contributed by atoms with van der Waals surface area (Å²) in [5.74, 6) is 2.13. The number of guanidine groups is 1. The first-order chi connectivity index (χ1) is 13.0. The molecule has 27 heavy (non-hydrogen) atoms. The summed E-state index contributed by atoms with van der Waals surface area (Å²) in [6, 6.07) is 4.05. The van der Waals surface area contributed by atoms with E-state index in [0.29, 0.717) is 31.4 Å². The Balaban J connectivity index is 2.19. The highest BCUT2D eigenvalue weighted by atomic mass is 16.5. The Morgan fingerprint density at radius 1 is 1.19 bits per heavy atom. The largest absolute Gasteiger partial charge is 0.493 e. The number of rotatable bonds is 7. The number of fused-ring (bicyclic) bond motifs is 1. The second kappa shape index (κ2) is 10.0. The van der Waals surface area contributed by atoms with Crippen molar-refractivity contribution in [3.05, 3.63) is 23.3 Å². The summed E-state index contributed by atoms with van der Waals surface area (Å²) in [5, 5.41) is 3.29. The molecule has 0 saturated carbocycles. The van der Waals surface area contributed by atoms with Crippen LogP contribution in [0.3, 0.4) is 0 Å². The van der Waals surface area contributed by atoms with E-state index < -0.39 is 0 Å². The van der Waals surface area contributed by atoms with Gasteiger partial charge in [0.25, 0.3) is 0 Å². The van der Waals surface area contributed by atoms with Gasteiger partial charge >= 0.3 is 0 Å². The van der Waals surface area contributed by atoms with Crippen LogP contribution in [0, 0.1) is 0 Å². The van der Waals surface area contributed by atoms with E-state index >= 15 is 0 Å². The highest BCUT2D eigenvalue weighted by molar-refractivity contribution is 5.85. The fraction of sp³-hybridized carbons (Fsp3) is 0.579. The lowest BCUT2D eigenvalue weighted by Gasteiger charge is -2.32. The van der Waals surface area contributed by atoms with E-state index in [1.807, 2.05) is 12.1 Å². The SMILES string of the molecule is COCCNC(=NCC(=O)N(C)C)N1CCc2cc(OC)c(OC)cc2C1. The van der Waals surface area contributed by atoms with Crippen molar-refractivity contribution in [3.8, 4) is 11.5 Å². The lowest BCUT2D eigenvalue weighted by molar-refractivity contribution is -0.127. The molecule has 0 bridgehead atoms. The number of hydrogen-bond acceptors (Lipinski definition) is 5. The van der Waals surface area contributed by atoms with Crippen molar-refractivity contribution in [2.75, 3.05) is 61.7 Å². The predicted molar refractivity (Wildman–Crippen MR) is 105 cm³/mol. The monoisotopic (exact) mass is 378 g/mol. The Morgan fingerprint density at radius 2 is 1.85 bits per heavy atom. The zero-order valence-corrected chi connectivity index (χ0v) is 16.9. The molecule has 1 aromatic carbocycles. The molecule has 0 spiro atoms. The highest BCUT2D eigenvalue weighted by Gasteiger charge is 2.22. The number of methoxy groups -OCH3 is 3. The van der Waals surface area contributed by atoms with Gasteiger partial charge in [0.2, 0.25) is 5.91 Å². The quantitative estimate of drug-likeness (QED) is 0.429. The molecule has 0 radical (unpaired) electrons. The molecule has 0 saturated heterocycles. The van der Waals surface area contributed by atoms with Crippen LogP contribution in [-0.4, -0.2) is 83.3 Å². The molecule has 8 nitrogen and oxygen atoms in total. The van der Waals surface area contributed by atoms with Gasteiger partial charge in [-0.1, -0.05) is 0 Å². The van der Waals surface area contributed by atoms with Crippen molar-refractivity contribution in [1.29, 1.82) is 0 Å². The Kier molecular flexibility index (Phi) is 7.72. The lowest BCUT2D eigenvalue weighted by Crippen LogP contribution is -2.45. The minimum atomic E-state index is -0.0372. The van der Waals surface area contributed by atoms with Crippen molar-refractivity contribution in [1.82, 2.24) is 15.1 Å². The molecular weight excluding hydrogens is 348 g/mol. The lowest BCUT2D eigenvalue weighted by atomic mass is 9.99. The maximum Gasteiger partial charge on any atom is 0.243 e. The Morgan fingerprint density at radius 3 is 2.44 bits per heavy atom. The Bertz CT molecular complexity index is 676. The summed E-state index contributed by atoms with van der Waals surface area (Å²) in [6.07, 6.45) is 0.863. The van der Waals surface area contributed by atoms with Crippen molar-refractivity contribution in [2.24, 2.45) is 4.99 Å². The third-order valence-electron chi connectivity index (χ3n) is 4.47. The molecule has 0 fully saturated rings.